The van der Waals surface area contributed by atoms with E-state index in [-0.39, 0.29) is 0 Å². The van der Waals surface area contributed by atoms with Crippen LogP contribution in [0.5, 0.6) is 11.5 Å². The SMILES string of the molecule is COc1cc(CCl)cc(Cl)c1OCC1CC1. The van der Waals surface area contributed by atoms with E-state index < -0.39 is 0 Å². The van der Waals surface area contributed by atoms with Gasteiger partial charge in [0, 0.05) is 5.88 Å². The van der Waals surface area contributed by atoms with Crippen molar-refractivity contribution in [1.29, 1.82) is 0 Å². The summed E-state index contributed by atoms with van der Waals surface area (Å²) in [4.78, 5) is 0. The quantitative estimate of drug-likeness (QED) is 0.749. The Labute approximate surface area is 105 Å². The molecule has 1 aliphatic carbocycles. The fourth-order valence-corrected chi connectivity index (χ4v) is 1.92. The van der Waals surface area contributed by atoms with Crippen LogP contribution in [0.4, 0.5) is 0 Å². The van der Waals surface area contributed by atoms with E-state index in [1.165, 1.54) is 12.8 Å². The zero-order valence-electron chi connectivity index (χ0n) is 9.13. The third-order valence-electron chi connectivity index (χ3n) is 2.60. The second-order valence-electron chi connectivity index (χ2n) is 4.00. The highest BCUT2D eigenvalue weighted by Crippen LogP contribution is 2.38. The summed E-state index contributed by atoms with van der Waals surface area (Å²) < 4.78 is 10.9. The molecular formula is C12H14Cl2O2. The summed E-state index contributed by atoms with van der Waals surface area (Å²) in [5.74, 6) is 2.39. The molecule has 0 atom stereocenters. The third-order valence-corrected chi connectivity index (χ3v) is 3.19. The Hall–Kier alpha value is -0.600. The number of ether oxygens (including phenoxy) is 2. The summed E-state index contributed by atoms with van der Waals surface area (Å²) in [6, 6.07) is 3.68. The van der Waals surface area contributed by atoms with E-state index in [4.69, 9.17) is 32.7 Å². The molecule has 1 aliphatic rings. The Balaban J connectivity index is 2.18. The van der Waals surface area contributed by atoms with Gasteiger partial charge in [0.15, 0.2) is 11.5 Å². The normalized spacial score (nSPS) is 14.9. The van der Waals surface area contributed by atoms with Crippen LogP contribution in [0.15, 0.2) is 12.1 Å². The van der Waals surface area contributed by atoms with Gasteiger partial charge in [-0.15, -0.1) is 11.6 Å². The molecule has 0 radical (unpaired) electrons. The Morgan fingerprint density at radius 3 is 2.69 bits per heavy atom. The minimum absolute atomic E-state index is 0.416. The third kappa shape index (κ3) is 2.74. The molecule has 1 saturated carbocycles. The topological polar surface area (TPSA) is 18.5 Å². The van der Waals surface area contributed by atoms with Gasteiger partial charge in [0.1, 0.15) is 0 Å². The molecule has 0 spiro atoms. The van der Waals surface area contributed by atoms with Crippen LogP contribution in [0.2, 0.25) is 5.02 Å². The van der Waals surface area contributed by atoms with E-state index in [0.29, 0.717) is 28.3 Å². The van der Waals surface area contributed by atoms with Crippen LogP contribution in [0.3, 0.4) is 0 Å². The lowest BCUT2D eigenvalue weighted by atomic mass is 10.2. The highest BCUT2D eigenvalue weighted by molar-refractivity contribution is 6.32. The zero-order chi connectivity index (χ0) is 11.5. The number of benzene rings is 1. The first-order chi connectivity index (χ1) is 7.74. The monoisotopic (exact) mass is 260 g/mol. The molecule has 4 heteroatoms. The van der Waals surface area contributed by atoms with Gasteiger partial charge < -0.3 is 9.47 Å². The molecule has 0 aromatic heterocycles. The minimum Gasteiger partial charge on any atom is -0.493 e. The predicted octanol–water partition coefficient (Wildman–Crippen LogP) is 3.88. The highest BCUT2D eigenvalue weighted by Gasteiger charge is 2.23. The van der Waals surface area contributed by atoms with Crippen molar-refractivity contribution in [1.82, 2.24) is 0 Å². The van der Waals surface area contributed by atoms with Gasteiger partial charge in [-0.1, -0.05) is 11.6 Å². The number of hydrogen-bond donors (Lipinski definition) is 0. The van der Waals surface area contributed by atoms with Crippen LogP contribution in [0.1, 0.15) is 18.4 Å². The number of methoxy groups -OCH3 is 1. The van der Waals surface area contributed by atoms with Crippen LogP contribution < -0.4 is 9.47 Å². The minimum atomic E-state index is 0.416. The van der Waals surface area contributed by atoms with Crippen molar-refractivity contribution in [3.63, 3.8) is 0 Å². The molecular weight excluding hydrogens is 247 g/mol. The molecule has 1 fully saturated rings. The fraction of sp³-hybridized carbons (Fsp3) is 0.500. The number of hydrogen-bond acceptors (Lipinski definition) is 2. The standard InChI is InChI=1S/C12H14Cl2O2/c1-15-11-5-9(6-13)4-10(14)12(11)16-7-8-2-3-8/h4-5,8H,2-3,6-7H2,1H3. The molecule has 0 aliphatic heterocycles. The van der Waals surface area contributed by atoms with Gasteiger partial charge in [0.25, 0.3) is 0 Å². The van der Waals surface area contributed by atoms with Gasteiger partial charge in [-0.2, -0.15) is 0 Å². The molecule has 1 aromatic carbocycles. The van der Waals surface area contributed by atoms with Gasteiger partial charge in [-0.25, -0.2) is 0 Å². The van der Waals surface area contributed by atoms with Crippen LogP contribution >= 0.6 is 23.2 Å². The van der Waals surface area contributed by atoms with Gasteiger partial charge >= 0.3 is 0 Å². The second kappa shape index (κ2) is 5.15. The average molecular weight is 261 g/mol. The Morgan fingerprint density at radius 1 is 1.38 bits per heavy atom. The van der Waals surface area contributed by atoms with E-state index >= 15 is 0 Å². The maximum Gasteiger partial charge on any atom is 0.179 e. The van der Waals surface area contributed by atoms with Gasteiger partial charge in [-0.3, -0.25) is 0 Å². The molecule has 0 bridgehead atoms. The summed E-state index contributed by atoms with van der Waals surface area (Å²) in [6.45, 7) is 0.719. The molecule has 2 rings (SSSR count). The van der Waals surface area contributed by atoms with Gasteiger partial charge in [0.2, 0.25) is 0 Å². The first-order valence-corrected chi connectivity index (χ1v) is 6.21. The van der Waals surface area contributed by atoms with Crippen molar-refractivity contribution >= 4 is 23.2 Å². The van der Waals surface area contributed by atoms with Crippen molar-refractivity contribution in [2.75, 3.05) is 13.7 Å². The smallest absolute Gasteiger partial charge is 0.179 e. The van der Waals surface area contributed by atoms with Crippen LogP contribution in [-0.4, -0.2) is 13.7 Å². The number of halogens is 2. The Kier molecular flexibility index (Phi) is 3.82. The van der Waals surface area contributed by atoms with Crippen LogP contribution in [0, 0.1) is 5.92 Å². The van der Waals surface area contributed by atoms with E-state index in [2.05, 4.69) is 0 Å². The molecule has 2 nitrogen and oxygen atoms in total. The van der Waals surface area contributed by atoms with Crippen LogP contribution in [0.25, 0.3) is 0 Å². The summed E-state index contributed by atoms with van der Waals surface area (Å²) in [5.41, 5.74) is 0.933. The van der Waals surface area contributed by atoms with Gasteiger partial charge in [-0.05, 0) is 36.5 Å². The lowest BCUT2D eigenvalue weighted by molar-refractivity contribution is 0.280. The first kappa shape index (κ1) is 11.9. The largest absolute Gasteiger partial charge is 0.493 e. The molecule has 0 saturated heterocycles. The van der Waals surface area contributed by atoms with E-state index in [0.717, 1.165) is 12.2 Å². The average Bonchev–Trinajstić information content (AvgIpc) is 3.10. The zero-order valence-corrected chi connectivity index (χ0v) is 10.6. The number of rotatable bonds is 5. The van der Waals surface area contributed by atoms with E-state index in [1.807, 2.05) is 12.1 Å². The first-order valence-electron chi connectivity index (χ1n) is 5.29. The Morgan fingerprint density at radius 2 is 2.12 bits per heavy atom. The molecule has 16 heavy (non-hydrogen) atoms. The molecule has 0 amide bonds. The lowest BCUT2D eigenvalue weighted by Gasteiger charge is -2.13. The number of alkyl halides is 1. The molecule has 0 unspecified atom stereocenters. The Bertz CT molecular complexity index is 376. The molecule has 88 valence electrons. The van der Waals surface area contributed by atoms with Crippen molar-refractivity contribution < 1.29 is 9.47 Å². The van der Waals surface area contributed by atoms with Crippen molar-refractivity contribution in [3.05, 3.63) is 22.7 Å². The highest BCUT2D eigenvalue weighted by atomic mass is 35.5. The predicted molar refractivity (Wildman–Crippen MR) is 65.8 cm³/mol. The molecule has 0 N–H and O–H groups in total. The maximum atomic E-state index is 6.13. The summed E-state index contributed by atoms with van der Waals surface area (Å²) in [7, 11) is 1.60. The van der Waals surface area contributed by atoms with Gasteiger partial charge in [0.05, 0.1) is 18.7 Å². The lowest BCUT2D eigenvalue weighted by Crippen LogP contribution is -2.02. The second-order valence-corrected chi connectivity index (χ2v) is 4.67. The van der Waals surface area contributed by atoms with Crippen molar-refractivity contribution in [3.8, 4) is 11.5 Å². The molecule has 0 heterocycles. The fourth-order valence-electron chi connectivity index (χ4n) is 1.48. The maximum absolute atomic E-state index is 6.13. The van der Waals surface area contributed by atoms with E-state index in [9.17, 15) is 0 Å². The van der Waals surface area contributed by atoms with E-state index in [1.54, 1.807) is 7.11 Å². The van der Waals surface area contributed by atoms with Crippen LogP contribution in [-0.2, 0) is 5.88 Å². The summed E-state index contributed by atoms with van der Waals surface area (Å²) in [6.07, 6.45) is 2.50. The van der Waals surface area contributed by atoms with Crippen molar-refractivity contribution in [2.45, 2.75) is 18.7 Å². The summed E-state index contributed by atoms with van der Waals surface area (Å²) in [5, 5.41) is 0.565. The molecule has 1 aromatic rings. The van der Waals surface area contributed by atoms with Crippen molar-refractivity contribution in [2.24, 2.45) is 5.92 Å². The summed E-state index contributed by atoms with van der Waals surface area (Å²) >= 11 is 11.9.